The van der Waals surface area contributed by atoms with Crippen LogP contribution in [0.3, 0.4) is 0 Å². The standard InChI is InChI=1S/C10H7FN2O2/c1-6(14)9-12-10(15-13-9)7-2-4-8(11)5-3-7/h2-5H,1H3. The second kappa shape index (κ2) is 3.61. The quantitative estimate of drug-likeness (QED) is 0.706. The molecule has 1 heterocycles. The van der Waals surface area contributed by atoms with Crippen molar-refractivity contribution in [1.29, 1.82) is 0 Å². The number of hydrogen-bond acceptors (Lipinski definition) is 4. The molecule has 0 fully saturated rings. The van der Waals surface area contributed by atoms with Crippen LogP contribution < -0.4 is 0 Å². The second-order valence-corrected chi connectivity index (χ2v) is 2.99. The molecule has 2 aromatic rings. The highest BCUT2D eigenvalue weighted by atomic mass is 19.1. The first kappa shape index (κ1) is 9.51. The van der Waals surface area contributed by atoms with Crippen molar-refractivity contribution in [2.45, 2.75) is 6.92 Å². The summed E-state index contributed by atoms with van der Waals surface area (Å²) in [7, 11) is 0. The van der Waals surface area contributed by atoms with Crippen molar-refractivity contribution in [2.24, 2.45) is 0 Å². The van der Waals surface area contributed by atoms with Crippen molar-refractivity contribution in [3.63, 3.8) is 0 Å². The molecular weight excluding hydrogens is 199 g/mol. The van der Waals surface area contributed by atoms with Crippen LogP contribution in [0.15, 0.2) is 28.8 Å². The number of nitrogens with zero attached hydrogens (tertiary/aromatic N) is 2. The van der Waals surface area contributed by atoms with Crippen molar-refractivity contribution >= 4 is 5.78 Å². The van der Waals surface area contributed by atoms with Crippen LogP contribution in [-0.4, -0.2) is 15.9 Å². The Labute approximate surface area is 84.7 Å². The molecular formula is C10H7FN2O2. The van der Waals surface area contributed by atoms with Crippen molar-refractivity contribution in [1.82, 2.24) is 10.1 Å². The maximum Gasteiger partial charge on any atom is 0.258 e. The lowest BCUT2D eigenvalue weighted by Crippen LogP contribution is -1.93. The van der Waals surface area contributed by atoms with Crippen molar-refractivity contribution in [2.75, 3.05) is 0 Å². The number of halogens is 1. The fourth-order valence-electron chi connectivity index (χ4n) is 1.08. The first-order valence-corrected chi connectivity index (χ1v) is 4.27. The Hall–Kier alpha value is -2.04. The molecule has 0 amide bonds. The fourth-order valence-corrected chi connectivity index (χ4v) is 1.08. The first-order valence-electron chi connectivity index (χ1n) is 4.27. The molecule has 0 aliphatic rings. The molecule has 15 heavy (non-hydrogen) atoms. The number of ketones is 1. The van der Waals surface area contributed by atoms with Gasteiger partial charge in [-0.05, 0) is 24.3 Å². The van der Waals surface area contributed by atoms with Crippen LogP contribution in [0, 0.1) is 5.82 Å². The summed E-state index contributed by atoms with van der Waals surface area (Å²) in [5.41, 5.74) is 0.580. The van der Waals surface area contributed by atoms with E-state index in [2.05, 4.69) is 10.1 Å². The number of carbonyl (C=O) groups excluding carboxylic acids is 1. The van der Waals surface area contributed by atoms with Gasteiger partial charge in [0.2, 0.25) is 11.6 Å². The average molecular weight is 206 g/mol. The zero-order chi connectivity index (χ0) is 10.8. The van der Waals surface area contributed by atoms with E-state index in [-0.39, 0.29) is 23.3 Å². The molecule has 4 nitrogen and oxygen atoms in total. The van der Waals surface area contributed by atoms with E-state index in [1.165, 1.54) is 31.2 Å². The minimum atomic E-state index is -0.343. The van der Waals surface area contributed by atoms with Gasteiger partial charge in [0.05, 0.1) is 0 Å². The lowest BCUT2D eigenvalue weighted by Gasteiger charge is -1.91. The van der Waals surface area contributed by atoms with Gasteiger partial charge in [-0.1, -0.05) is 5.16 Å². The van der Waals surface area contributed by atoms with Gasteiger partial charge >= 0.3 is 0 Å². The summed E-state index contributed by atoms with van der Waals surface area (Å²) in [5.74, 6) is -0.383. The third kappa shape index (κ3) is 1.90. The minimum absolute atomic E-state index is 0.0225. The molecule has 1 aromatic carbocycles. The molecule has 0 bridgehead atoms. The van der Waals surface area contributed by atoms with Crippen LogP contribution in [-0.2, 0) is 0 Å². The first-order chi connectivity index (χ1) is 7.16. The zero-order valence-corrected chi connectivity index (χ0v) is 7.90. The monoisotopic (exact) mass is 206 g/mol. The molecule has 0 atom stereocenters. The molecule has 0 saturated heterocycles. The van der Waals surface area contributed by atoms with Gasteiger partial charge in [0.15, 0.2) is 0 Å². The van der Waals surface area contributed by atoms with Crippen LogP contribution >= 0.6 is 0 Å². The van der Waals surface area contributed by atoms with Crippen LogP contribution in [0.25, 0.3) is 11.5 Å². The van der Waals surface area contributed by atoms with Crippen LogP contribution in [0.2, 0.25) is 0 Å². The van der Waals surface area contributed by atoms with Crippen molar-refractivity contribution in [3.05, 3.63) is 35.9 Å². The van der Waals surface area contributed by atoms with E-state index in [1.54, 1.807) is 0 Å². The van der Waals surface area contributed by atoms with Gasteiger partial charge < -0.3 is 4.52 Å². The van der Waals surface area contributed by atoms with Gasteiger partial charge in [-0.25, -0.2) is 4.39 Å². The van der Waals surface area contributed by atoms with E-state index in [0.29, 0.717) is 5.56 Å². The van der Waals surface area contributed by atoms with Crippen LogP contribution in [0.1, 0.15) is 17.5 Å². The predicted octanol–water partition coefficient (Wildman–Crippen LogP) is 2.08. The molecule has 2 rings (SSSR count). The van der Waals surface area contributed by atoms with Gasteiger partial charge in [0.1, 0.15) is 5.82 Å². The van der Waals surface area contributed by atoms with E-state index < -0.39 is 0 Å². The van der Waals surface area contributed by atoms with Gasteiger partial charge in [0, 0.05) is 12.5 Å². The number of hydrogen-bond donors (Lipinski definition) is 0. The predicted molar refractivity (Wildman–Crippen MR) is 49.7 cm³/mol. The third-order valence-electron chi connectivity index (χ3n) is 1.83. The topological polar surface area (TPSA) is 56.0 Å². The summed E-state index contributed by atoms with van der Waals surface area (Å²) >= 11 is 0. The summed E-state index contributed by atoms with van der Waals surface area (Å²) < 4.78 is 17.5. The molecule has 0 aliphatic carbocycles. The number of rotatable bonds is 2. The molecule has 0 N–H and O–H groups in total. The fraction of sp³-hybridized carbons (Fsp3) is 0.100. The molecule has 1 aromatic heterocycles. The maximum absolute atomic E-state index is 12.6. The minimum Gasteiger partial charge on any atom is -0.334 e. The van der Waals surface area contributed by atoms with Gasteiger partial charge in [-0.15, -0.1) is 0 Å². The largest absolute Gasteiger partial charge is 0.334 e. The smallest absolute Gasteiger partial charge is 0.258 e. The van der Waals surface area contributed by atoms with Gasteiger partial charge in [-0.2, -0.15) is 4.98 Å². The molecule has 0 radical (unpaired) electrons. The molecule has 0 unspecified atom stereocenters. The SMILES string of the molecule is CC(=O)c1noc(-c2ccc(F)cc2)n1. The Kier molecular flexibility index (Phi) is 2.29. The van der Waals surface area contributed by atoms with Gasteiger partial charge in [-0.3, -0.25) is 4.79 Å². The molecule has 0 aliphatic heterocycles. The maximum atomic E-state index is 12.6. The van der Waals surface area contributed by atoms with Gasteiger partial charge in [0.25, 0.3) is 5.89 Å². The lowest BCUT2D eigenvalue weighted by atomic mass is 10.2. The number of aromatic nitrogens is 2. The third-order valence-corrected chi connectivity index (χ3v) is 1.83. The molecule has 76 valence electrons. The average Bonchev–Trinajstić information content (AvgIpc) is 2.68. The Balaban J connectivity index is 2.37. The Morgan fingerprint density at radius 1 is 1.33 bits per heavy atom. The molecule has 0 saturated carbocycles. The highest BCUT2D eigenvalue weighted by molar-refractivity contribution is 5.90. The van der Waals surface area contributed by atoms with Crippen molar-refractivity contribution in [3.8, 4) is 11.5 Å². The lowest BCUT2D eigenvalue weighted by molar-refractivity contribution is 0.100. The van der Waals surface area contributed by atoms with E-state index >= 15 is 0 Å². The Bertz CT molecular complexity index is 490. The highest BCUT2D eigenvalue weighted by Crippen LogP contribution is 2.17. The van der Waals surface area contributed by atoms with Crippen LogP contribution in [0.5, 0.6) is 0 Å². The number of Topliss-reactive ketones (excluding diaryl/α,β-unsaturated/α-hetero) is 1. The van der Waals surface area contributed by atoms with E-state index in [0.717, 1.165) is 0 Å². The molecule has 0 spiro atoms. The zero-order valence-electron chi connectivity index (χ0n) is 7.90. The summed E-state index contributed by atoms with van der Waals surface area (Å²) in [4.78, 5) is 14.8. The highest BCUT2D eigenvalue weighted by Gasteiger charge is 2.11. The summed E-state index contributed by atoms with van der Waals surface area (Å²) in [6.45, 7) is 1.35. The molecule has 5 heteroatoms. The van der Waals surface area contributed by atoms with E-state index in [1.807, 2.05) is 0 Å². The number of benzene rings is 1. The van der Waals surface area contributed by atoms with E-state index in [4.69, 9.17) is 4.52 Å². The Morgan fingerprint density at radius 3 is 2.53 bits per heavy atom. The Morgan fingerprint density at radius 2 is 2.00 bits per heavy atom. The summed E-state index contributed by atoms with van der Waals surface area (Å²) in [5, 5.41) is 3.49. The number of carbonyl (C=O) groups is 1. The normalized spacial score (nSPS) is 10.3. The van der Waals surface area contributed by atoms with Crippen LogP contribution in [0.4, 0.5) is 4.39 Å². The summed E-state index contributed by atoms with van der Waals surface area (Å²) in [6.07, 6.45) is 0. The second-order valence-electron chi connectivity index (χ2n) is 2.99. The van der Waals surface area contributed by atoms with E-state index in [9.17, 15) is 9.18 Å². The van der Waals surface area contributed by atoms with Crippen molar-refractivity contribution < 1.29 is 13.7 Å². The summed E-state index contributed by atoms with van der Waals surface area (Å²) in [6, 6.07) is 5.58.